The Morgan fingerprint density at radius 3 is 2.69 bits per heavy atom. The molecular weight excluding hydrogens is 225 g/mol. The number of aliphatic carboxylic acids is 1. The summed E-state index contributed by atoms with van der Waals surface area (Å²) in [6.07, 6.45) is -3.73. The van der Waals surface area contributed by atoms with E-state index >= 15 is 0 Å². The summed E-state index contributed by atoms with van der Waals surface area (Å²) in [6.45, 7) is 0. The van der Waals surface area contributed by atoms with Crippen molar-refractivity contribution in [1.82, 2.24) is 4.98 Å². The van der Waals surface area contributed by atoms with Gasteiger partial charge in [0.2, 0.25) is 5.95 Å². The maximum atomic E-state index is 13.1. The average Bonchev–Trinajstić information content (AvgIpc) is 2.15. The maximum Gasteiger partial charge on any atom is 0.309 e. The van der Waals surface area contributed by atoms with Crippen molar-refractivity contribution in [2.75, 3.05) is 0 Å². The molecule has 1 aromatic heterocycles. The molecule has 7 heteroatoms. The first kappa shape index (κ1) is 12.0. The van der Waals surface area contributed by atoms with Gasteiger partial charge in [0.25, 0.3) is 6.43 Å². The zero-order valence-electron chi connectivity index (χ0n) is 7.75. The number of pyridine rings is 1. The lowest BCUT2D eigenvalue weighted by molar-refractivity contribution is -0.136. The van der Waals surface area contributed by atoms with E-state index in [1.165, 1.54) is 6.07 Å². The zero-order chi connectivity index (χ0) is 12.3. The third-order valence-electron chi connectivity index (χ3n) is 1.74. The van der Waals surface area contributed by atoms with Crippen molar-refractivity contribution >= 4 is 5.97 Å². The molecule has 0 aromatic carbocycles. The van der Waals surface area contributed by atoms with Crippen LogP contribution in [0, 0.1) is 17.3 Å². The molecule has 1 heterocycles. The van der Waals surface area contributed by atoms with Gasteiger partial charge in [-0.1, -0.05) is 0 Å². The Balaban J connectivity index is 3.29. The number of carbonyl (C=O) groups is 1. The summed E-state index contributed by atoms with van der Waals surface area (Å²) in [5.74, 6) is -2.70. The quantitative estimate of drug-likeness (QED) is 0.801. The molecule has 0 aliphatic carbocycles. The number of hydrogen-bond acceptors (Lipinski definition) is 3. The van der Waals surface area contributed by atoms with Crippen molar-refractivity contribution in [2.45, 2.75) is 12.8 Å². The lowest BCUT2D eigenvalue weighted by atomic mass is 10.1. The van der Waals surface area contributed by atoms with Gasteiger partial charge in [-0.2, -0.15) is 9.65 Å². The third-order valence-corrected chi connectivity index (χ3v) is 1.74. The molecule has 0 bridgehead atoms. The highest BCUT2D eigenvalue weighted by molar-refractivity contribution is 5.69. The average molecular weight is 230 g/mol. The van der Waals surface area contributed by atoms with Gasteiger partial charge < -0.3 is 5.11 Å². The molecule has 0 atom stereocenters. The van der Waals surface area contributed by atoms with Crippen LogP contribution in [0.3, 0.4) is 0 Å². The number of carboxylic acids is 1. The highest BCUT2D eigenvalue weighted by Gasteiger charge is 2.20. The Kier molecular flexibility index (Phi) is 3.45. The van der Waals surface area contributed by atoms with E-state index in [0.29, 0.717) is 0 Å². The highest BCUT2D eigenvalue weighted by Crippen LogP contribution is 2.24. The molecule has 0 amide bonds. The van der Waals surface area contributed by atoms with E-state index in [-0.39, 0.29) is 5.69 Å². The molecule has 0 fully saturated rings. The molecule has 1 aromatic rings. The van der Waals surface area contributed by atoms with E-state index in [1.54, 1.807) is 0 Å². The van der Waals surface area contributed by atoms with Crippen molar-refractivity contribution in [3.63, 3.8) is 0 Å². The summed E-state index contributed by atoms with van der Waals surface area (Å²) in [5.41, 5.74) is -2.05. The second kappa shape index (κ2) is 4.61. The van der Waals surface area contributed by atoms with E-state index in [1.807, 2.05) is 0 Å². The largest absolute Gasteiger partial charge is 0.481 e. The number of nitrogens with zero attached hydrogens (tertiary/aromatic N) is 2. The Hall–Kier alpha value is -2.10. The van der Waals surface area contributed by atoms with Crippen LogP contribution in [0.25, 0.3) is 0 Å². The molecule has 0 spiro atoms. The predicted molar refractivity (Wildman–Crippen MR) is 45.2 cm³/mol. The minimum atomic E-state index is -3.06. The normalized spacial score (nSPS) is 10.2. The number of carboxylic acid groups (broad SMARTS) is 1. The van der Waals surface area contributed by atoms with Crippen LogP contribution < -0.4 is 0 Å². The van der Waals surface area contributed by atoms with E-state index in [4.69, 9.17) is 10.4 Å². The molecule has 4 nitrogen and oxygen atoms in total. The van der Waals surface area contributed by atoms with E-state index in [0.717, 1.165) is 6.07 Å². The molecule has 0 saturated heterocycles. The van der Waals surface area contributed by atoms with Gasteiger partial charge in [0.1, 0.15) is 11.6 Å². The molecule has 84 valence electrons. The lowest BCUT2D eigenvalue weighted by Gasteiger charge is -2.05. The number of nitriles is 1. The van der Waals surface area contributed by atoms with Crippen molar-refractivity contribution in [3.05, 3.63) is 28.8 Å². The van der Waals surface area contributed by atoms with Gasteiger partial charge in [0.05, 0.1) is 12.1 Å². The predicted octanol–water partition coefficient (Wildman–Crippen LogP) is 1.66. The number of aromatic nitrogens is 1. The zero-order valence-corrected chi connectivity index (χ0v) is 7.75. The van der Waals surface area contributed by atoms with Crippen LogP contribution >= 0.6 is 0 Å². The first-order chi connectivity index (χ1) is 7.45. The summed E-state index contributed by atoms with van der Waals surface area (Å²) in [4.78, 5) is 13.4. The Morgan fingerprint density at radius 2 is 2.25 bits per heavy atom. The molecule has 16 heavy (non-hydrogen) atoms. The van der Waals surface area contributed by atoms with Crippen molar-refractivity contribution in [3.8, 4) is 6.07 Å². The topological polar surface area (TPSA) is 74.0 Å². The van der Waals surface area contributed by atoms with Crippen molar-refractivity contribution < 1.29 is 23.1 Å². The fraction of sp³-hybridized carbons (Fsp3) is 0.222. The van der Waals surface area contributed by atoms with Gasteiger partial charge >= 0.3 is 5.97 Å². The number of rotatable bonds is 3. The lowest BCUT2D eigenvalue weighted by Crippen LogP contribution is -2.07. The van der Waals surface area contributed by atoms with Crippen molar-refractivity contribution in [1.29, 1.82) is 5.26 Å². The summed E-state index contributed by atoms with van der Waals surface area (Å²) < 4.78 is 37.9. The Labute approximate surface area is 88.0 Å². The highest BCUT2D eigenvalue weighted by atomic mass is 19.3. The summed E-state index contributed by atoms with van der Waals surface area (Å²) in [6, 6.07) is 1.98. The summed E-state index contributed by atoms with van der Waals surface area (Å²) in [7, 11) is 0. The fourth-order valence-corrected chi connectivity index (χ4v) is 1.11. The standard InChI is InChI=1S/C9H5F3N2O2/c10-8(11)5-1-4(2-7(15)16)14-9(12)6(5)3-13/h1,8H,2H2,(H,15,16). The fourth-order valence-electron chi connectivity index (χ4n) is 1.11. The van der Waals surface area contributed by atoms with E-state index < -0.39 is 35.9 Å². The molecule has 0 aliphatic heterocycles. The Bertz CT molecular complexity index is 469. The van der Waals surface area contributed by atoms with Gasteiger partial charge in [-0.05, 0) is 6.07 Å². The van der Waals surface area contributed by atoms with Crippen LogP contribution in [0.1, 0.15) is 23.2 Å². The molecule has 0 saturated carbocycles. The maximum absolute atomic E-state index is 13.1. The van der Waals surface area contributed by atoms with Gasteiger partial charge in [-0.25, -0.2) is 13.8 Å². The Morgan fingerprint density at radius 1 is 1.62 bits per heavy atom. The minimum absolute atomic E-state index is 0.348. The van der Waals surface area contributed by atoms with Crippen LogP contribution in [0.5, 0.6) is 0 Å². The van der Waals surface area contributed by atoms with Crippen LogP contribution in [-0.2, 0) is 11.2 Å². The van der Waals surface area contributed by atoms with E-state index in [9.17, 15) is 18.0 Å². The van der Waals surface area contributed by atoms with Crippen LogP contribution in [0.4, 0.5) is 13.2 Å². The van der Waals surface area contributed by atoms with Crippen LogP contribution in [0.2, 0.25) is 0 Å². The third kappa shape index (κ3) is 2.48. The first-order valence-corrected chi connectivity index (χ1v) is 4.05. The number of halogens is 3. The van der Waals surface area contributed by atoms with Gasteiger partial charge in [-0.3, -0.25) is 4.79 Å². The molecule has 0 unspecified atom stereocenters. The van der Waals surface area contributed by atoms with Crippen LogP contribution in [0.15, 0.2) is 6.07 Å². The molecule has 1 rings (SSSR count). The summed E-state index contributed by atoms with van der Waals surface area (Å²) in [5, 5.41) is 16.8. The van der Waals surface area contributed by atoms with Gasteiger partial charge in [-0.15, -0.1) is 0 Å². The molecule has 1 N–H and O–H groups in total. The minimum Gasteiger partial charge on any atom is -0.481 e. The first-order valence-electron chi connectivity index (χ1n) is 4.05. The number of alkyl halides is 2. The SMILES string of the molecule is N#Cc1c(C(F)F)cc(CC(=O)O)nc1F. The summed E-state index contributed by atoms with van der Waals surface area (Å²) >= 11 is 0. The molecule has 0 aliphatic rings. The van der Waals surface area contributed by atoms with Gasteiger partial charge in [0.15, 0.2) is 0 Å². The van der Waals surface area contributed by atoms with Gasteiger partial charge in [0, 0.05) is 5.56 Å². The second-order valence-electron chi connectivity index (χ2n) is 2.85. The smallest absolute Gasteiger partial charge is 0.309 e. The number of hydrogen-bond donors (Lipinski definition) is 1. The van der Waals surface area contributed by atoms with Crippen molar-refractivity contribution in [2.24, 2.45) is 0 Å². The van der Waals surface area contributed by atoms with E-state index in [2.05, 4.69) is 4.98 Å². The van der Waals surface area contributed by atoms with Crippen LogP contribution in [-0.4, -0.2) is 16.1 Å². The molecular formula is C9H5F3N2O2. The molecule has 0 radical (unpaired) electrons. The second-order valence-corrected chi connectivity index (χ2v) is 2.85. The monoisotopic (exact) mass is 230 g/mol.